The average Bonchev–Trinajstić information content (AvgIpc) is 2.29. The lowest BCUT2D eigenvalue weighted by Gasteiger charge is -2.02. The molecule has 0 bridgehead atoms. The van der Waals surface area contributed by atoms with Crippen molar-refractivity contribution < 1.29 is 15.5 Å². The first-order valence-electron chi connectivity index (χ1n) is 4.78. The van der Waals surface area contributed by atoms with E-state index in [0.29, 0.717) is 0 Å². The molecule has 4 nitrogen and oxygen atoms in total. The predicted octanol–water partition coefficient (Wildman–Crippen LogP) is -0.166. The fourth-order valence-electron chi connectivity index (χ4n) is 1.43. The number of benzene rings is 1. The maximum Gasteiger partial charge on any atom is 0.279 e. The van der Waals surface area contributed by atoms with Crippen molar-refractivity contribution in [2.75, 3.05) is 11.9 Å². The van der Waals surface area contributed by atoms with Crippen molar-refractivity contribution in [3.05, 3.63) is 36.7 Å². The van der Waals surface area contributed by atoms with Crippen LogP contribution in [0.1, 0.15) is 0 Å². The number of H-pyrrole nitrogens is 1. The number of rotatable bonds is 2. The van der Waals surface area contributed by atoms with Crippen LogP contribution in [0.15, 0.2) is 36.7 Å². The van der Waals surface area contributed by atoms with E-state index in [2.05, 4.69) is 16.0 Å². The molecule has 0 fully saturated rings. The van der Waals surface area contributed by atoms with Crippen LogP contribution in [0.4, 0.5) is 5.69 Å². The summed E-state index contributed by atoms with van der Waals surface area (Å²) in [5.74, 6) is -0.0724. The maximum absolute atomic E-state index is 11.1. The van der Waals surface area contributed by atoms with E-state index in [-0.39, 0.29) is 12.5 Å². The highest BCUT2D eigenvalue weighted by molar-refractivity contribution is 5.94. The average molecular weight is 203 g/mol. The molecule has 0 spiro atoms. The molecule has 15 heavy (non-hydrogen) atoms. The minimum Gasteiger partial charge on any atom is -0.350 e. The summed E-state index contributed by atoms with van der Waals surface area (Å²) in [5.41, 5.74) is 4.33. The van der Waals surface area contributed by atoms with E-state index in [0.717, 1.165) is 16.5 Å². The molecule has 1 heterocycles. The number of aromatic nitrogens is 1. The highest BCUT2D eigenvalue weighted by Crippen LogP contribution is 2.16. The number of quaternary nitrogens is 1. The maximum atomic E-state index is 11.1. The van der Waals surface area contributed by atoms with E-state index in [1.165, 1.54) is 0 Å². The van der Waals surface area contributed by atoms with Crippen LogP contribution in [-0.2, 0) is 4.79 Å². The number of amides is 1. The van der Waals surface area contributed by atoms with E-state index in [9.17, 15) is 4.79 Å². The topological polar surface area (TPSA) is 70.9 Å². The van der Waals surface area contributed by atoms with Crippen molar-refractivity contribution in [1.29, 1.82) is 0 Å². The summed E-state index contributed by atoms with van der Waals surface area (Å²) < 4.78 is 0. The van der Waals surface area contributed by atoms with Crippen LogP contribution >= 0.6 is 0 Å². The lowest BCUT2D eigenvalue weighted by Crippen LogP contribution is -2.55. The number of hydrogen-bond donors (Lipinski definition) is 2. The van der Waals surface area contributed by atoms with Crippen molar-refractivity contribution >= 4 is 22.4 Å². The van der Waals surface area contributed by atoms with E-state index >= 15 is 0 Å². The third-order valence-electron chi connectivity index (χ3n) is 2.20. The summed E-state index contributed by atoms with van der Waals surface area (Å²) in [6.45, 7) is 0.251. The highest BCUT2D eigenvalue weighted by Gasteiger charge is 2.02. The molecule has 0 saturated carbocycles. The minimum atomic E-state index is -0.0724. The van der Waals surface area contributed by atoms with E-state index in [1.54, 1.807) is 0 Å². The number of carbonyl (C=O) groups excluding carboxylic acids is 1. The second-order valence-electron chi connectivity index (χ2n) is 3.29. The predicted molar refractivity (Wildman–Crippen MR) is 56.9 cm³/mol. The van der Waals surface area contributed by atoms with Crippen LogP contribution in [0.25, 0.3) is 10.8 Å². The molecule has 0 aliphatic heterocycles. The van der Waals surface area contributed by atoms with E-state index in [4.69, 9.17) is 0 Å². The molecular weight excluding hydrogens is 190 g/mol. The zero-order valence-electron chi connectivity index (χ0n) is 8.29. The number of fused-ring (bicyclic) bond motifs is 1. The molecule has 1 aromatic carbocycles. The Bertz CT molecular complexity index is 496. The molecule has 0 atom stereocenters. The van der Waals surface area contributed by atoms with Gasteiger partial charge in [-0.2, -0.15) is 0 Å². The number of hydrogen-bond acceptors (Lipinski definition) is 1. The normalized spacial score (nSPS) is 10.2. The number of carbonyl (C=O) groups is 1. The van der Waals surface area contributed by atoms with Gasteiger partial charge in [-0.25, -0.2) is 4.98 Å². The first-order valence-corrected chi connectivity index (χ1v) is 4.78. The molecule has 4 heteroatoms. The van der Waals surface area contributed by atoms with Gasteiger partial charge in [0.25, 0.3) is 5.91 Å². The van der Waals surface area contributed by atoms with Gasteiger partial charge in [0.15, 0.2) is 18.9 Å². The summed E-state index contributed by atoms with van der Waals surface area (Å²) in [6, 6.07) is 7.75. The number of aromatic amines is 1. The van der Waals surface area contributed by atoms with E-state index in [1.807, 2.05) is 36.7 Å². The molecule has 2 aromatic rings. The summed E-state index contributed by atoms with van der Waals surface area (Å²) in [4.78, 5) is 14.1. The van der Waals surface area contributed by atoms with Crippen LogP contribution in [0, 0.1) is 0 Å². The van der Waals surface area contributed by atoms with Crippen LogP contribution < -0.4 is 16.0 Å². The van der Waals surface area contributed by atoms with Gasteiger partial charge in [-0.15, -0.1) is 0 Å². The van der Waals surface area contributed by atoms with Gasteiger partial charge in [0.05, 0.1) is 0 Å². The van der Waals surface area contributed by atoms with Gasteiger partial charge < -0.3 is 11.1 Å². The standard InChI is InChI=1S/C11H11N3O/c12-6-11(15)14-10-2-1-9-7-13-4-3-8(9)5-10/h1-5,7H,6,12H2,(H,14,15)/p+2. The van der Waals surface area contributed by atoms with Gasteiger partial charge in [-0.3, -0.25) is 4.79 Å². The third kappa shape index (κ3) is 2.11. The van der Waals surface area contributed by atoms with Crippen LogP contribution in [-0.4, -0.2) is 12.5 Å². The van der Waals surface area contributed by atoms with E-state index < -0.39 is 0 Å². The Morgan fingerprint density at radius 3 is 3.00 bits per heavy atom. The number of anilines is 1. The lowest BCUT2D eigenvalue weighted by atomic mass is 10.1. The largest absolute Gasteiger partial charge is 0.350 e. The molecule has 5 N–H and O–H groups in total. The first-order chi connectivity index (χ1) is 7.29. The molecular formula is C11H13N3O+2. The van der Waals surface area contributed by atoms with Gasteiger partial charge in [-0.1, -0.05) is 0 Å². The Balaban J connectivity index is 2.34. The lowest BCUT2D eigenvalue weighted by molar-refractivity contribution is -0.375. The summed E-state index contributed by atoms with van der Waals surface area (Å²) in [5, 5.41) is 4.98. The Morgan fingerprint density at radius 2 is 2.20 bits per heavy atom. The molecule has 0 unspecified atom stereocenters. The van der Waals surface area contributed by atoms with Crippen LogP contribution in [0.2, 0.25) is 0 Å². The van der Waals surface area contributed by atoms with Crippen LogP contribution in [0.3, 0.4) is 0 Å². The molecule has 1 aromatic heterocycles. The SMILES string of the molecule is [NH3+]CC(=O)Nc1ccc2c[nH+]ccc2c1. The summed E-state index contributed by atoms with van der Waals surface area (Å²) in [6.07, 6.45) is 3.78. The molecule has 1 amide bonds. The van der Waals surface area contributed by atoms with Crippen LogP contribution in [0.5, 0.6) is 0 Å². The molecule has 0 radical (unpaired) electrons. The Kier molecular flexibility index (Phi) is 2.60. The van der Waals surface area contributed by atoms with Gasteiger partial charge in [0, 0.05) is 17.1 Å². The highest BCUT2D eigenvalue weighted by atomic mass is 16.1. The quantitative estimate of drug-likeness (QED) is 0.699. The van der Waals surface area contributed by atoms with Crippen molar-refractivity contribution in [3.8, 4) is 0 Å². The Morgan fingerprint density at radius 1 is 1.33 bits per heavy atom. The Hall–Kier alpha value is -1.94. The summed E-state index contributed by atoms with van der Waals surface area (Å²) in [7, 11) is 0. The van der Waals surface area contributed by atoms with Gasteiger partial charge >= 0.3 is 0 Å². The molecule has 76 valence electrons. The molecule has 0 aliphatic rings. The van der Waals surface area contributed by atoms with Crippen molar-refractivity contribution in [2.45, 2.75) is 0 Å². The molecule has 0 saturated heterocycles. The minimum absolute atomic E-state index is 0.0724. The van der Waals surface area contributed by atoms with Crippen molar-refractivity contribution in [1.82, 2.24) is 0 Å². The zero-order chi connectivity index (χ0) is 10.7. The van der Waals surface area contributed by atoms with Crippen molar-refractivity contribution in [2.24, 2.45) is 0 Å². The monoisotopic (exact) mass is 203 g/mol. The zero-order valence-corrected chi connectivity index (χ0v) is 8.29. The van der Waals surface area contributed by atoms with Gasteiger partial charge in [0.1, 0.15) is 0 Å². The third-order valence-corrected chi connectivity index (χ3v) is 2.20. The smallest absolute Gasteiger partial charge is 0.279 e. The van der Waals surface area contributed by atoms with Gasteiger partial charge in [0.2, 0.25) is 0 Å². The second-order valence-corrected chi connectivity index (χ2v) is 3.29. The molecule has 0 aliphatic carbocycles. The Labute approximate surface area is 87.1 Å². The number of pyridine rings is 1. The number of nitrogens with one attached hydrogen (secondary N) is 2. The fourth-order valence-corrected chi connectivity index (χ4v) is 1.43. The second kappa shape index (κ2) is 4.06. The first kappa shape index (κ1) is 9.61. The van der Waals surface area contributed by atoms with Gasteiger partial charge in [-0.05, 0) is 23.6 Å². The summed E-state index contributed by atoms with van der Waals surface area (Å²) >= 11 is 0. The van der Waals surface area contributed by atoms with Crippen molar-refractivity contribution in [3.63, 3.8) is 0 Å². The molecule has 2 rings (SSSR count). The fraction of sp³-hybridized carbons (Fsp3) is 0.0909.